The molecule has 1 saturated heterocycles. The number of carboxylic acids is 1. The highest BCUT2D eigenvalue weighted by Gasteiger charge is 2.27. The van der Waals surface area contributed by atoms with Crippen molar-refractivity contribution >= 4 is 29.6 Å². The molecule has 4 bridgehead atoms. The molecule has 2 aliphatic rings. The Kier molecular flexibility index (Phi) is 11.9. The molecule has 4 rings (SSSR count). The van der Waals surface area contributed by atoms with Crippen molar-refractivity contribution in [2.45, 2.75) is 71.5 Å². The highest BCUT2D eigenvalue weighted by atomic mass is 16.5. The van der Waals surface area contributed by atoms with Crippen LogP contribution in [-0.4, -0.2) is 69.1 Å². The van der Waals surface area contributed by atoms with E-state index in [1.54, 1.807) is 6.20 Å². The van der Waals surface area contributed by atoms with Gasteiger partial charge in [0.15, 0.2) is 0 Å². The number of fused-ring (bicyclic) bond motifs is 4. The maximum Gasteiger partial charge on any atom is 0.305 e. The molecule has 228 valence electrons. The van der Waals surface area contributed by atoms with Gasteiger partial charge in [-0.05, 0) is 55.4 Å². The van der Waals surface area contributed by atoms with Gasteiger partial charge in [0.05, 0.1) is 25.8 Å². The Bertz CT molecular complexity index is 1270. The summed E-state index contributed by atoms with van der Waals surface area (Å²) in [7, 11) is 0. The first-order chi connectivity index (χ1) is 20.0. The molecule has 13 heteroatoms. The number of hydrogen-bond donors (Lipinski definition) is 4. The molecule has 0 saturated carbocycles. The monoisotopic (exact) mass is 584 g/mol. The van der Waals surface area contributed by atoms with Gasteiger partial charge in [0.2, 0.25) is 23.6 Å². The number of aryl methyl sites for hydroxylation is 2. The SMILES string of the molecule is CC(N)=O.Cc1ccc2cc1CNC(=O)C(c1cnn(CCC(=O)O)c1)NC(=O)CCC(=O)N1CCCC(CCO2)C1. The van der Waals surface area contributed by atoms with Gasteiger partial charge >= 0.3 is 5.97 Å². The van der Waals surface area contributed by atoms with Crippen molar-refractivity contribution in [1.29, 1.82) is 0 Å². The van der Waals surface area contributed by atoms with Gasteiger partial charge in [-0.25, -0.2) is 0 Å². The number of hydrogen-bond acceptors (Lipinski definition) is 7. The normalized spacial score (nSPS) is 20.0. The van der Waals surface area contributed by atoms with E-state index in [4.69, 9.17) is 9.84 Å². The number of carbonyl (C=O) groups is 5. The molecular weight excluding hydrogens is 544 g/mol. The first kappa shape index (κ1) is 32.1. The number of rotatable bonds is 4. The van der Waals surface area contributed by atoms with Crippen LogP contribution in [0.4, 0.5) is 0 Å². The maximum absolute atomic E-state index is 13.3. The van der Waals surface area contributed by atoms with Crippen molar-refractivity contribution in [2.75, 3.05) is 19.7 Å². The van der Waals surface area contributed by atoms with Gasteiger partial charge in [0, 0.05) is 51.2 Å². The summed E-state index contributed by atoms with van der Waals surface area (Å²) in [6.45, 7) is 5.50. The number of carboxylic acid groups (broad SMARTS) is 1. The molecule has 1 aromatic heterocycles. The lowest BCUT2D eigenvalue weighted by molar-refractivity contribution is -0.137. The van der Waals surface area contributed by atoms with Crippen LogP contribution in [0.3, 0.4) is 0 Å². The maximum atomic E-state index is 13.3. The van der Waals surface area contributed by atoms with Crippen LogP contribution in [0.15, 0.2) is 30.6 Å². The number of primary amides is 1. The van der Waals surface area contributed by atoms with Gasteiger partial charge in [-0.15, -0.1) is 0 Å². The summed E-state index contributed by atoms with van der Waals surface area (Å²) >= 11 is 0. The summed E-state index contributed by atoms with van der Waals surface area (Å²) in [6.07, 6.45) is 5.70. The van der Waals surface area contributed by atoms with Crippen molar-refractivity contribution in [2.24, 2.45) is 11.7 Å². The lowest BCUT2D eigenvalue weighted by Gasteiger charge is -2.33. The topological polar surface area (TPSA) is 186 Å². The molecule has 3 heterocycles. The molecule has 2 aromatic rings. The predicted octanol–water partition coefficient (Wildman–Crippen LogP) is 1.43. The molecule has 13 nitrogen and oxygen atoms in total. The lowest BCUT2D eigenvalue weighted by Crippen LogP contribution is -2.42. The van der Waals surface area contributed by atoms with E-state index >= 15 is 0 Å². The predicted molar refractivity (Wildman–Crippen MR) is 152 cm³/mol. The fraction of sp³-hybridized carbons (Fsp3) is 0.517. The molecule has 0 spiro atoms. The first-order valence-corrected chi connectivity index (χ1v) is 14.1. The fourth-order valence-electron chi connectivity index (χ4n) is 4.86. The second kappa shape index (κ2) is 15.5. The Balaban J connectivity index is 0.00000114. The summed E-state index contributed by atoms with van der Waals surface area (Å²) in [5.74, 6) is -1.15. The van der Waals surface area contributed by atoms with Gasteiger partial charge in [-0.3, -0.25) is 28.7 Å². The third-order valence-corrected chi connectivity index (χ3v) is 7.11. The molecular formula is C29H40N6O7. The standard InChI is InChI=1S/C27H35N5O6.C2H5NO/c1-18-4-5-22-13-20(18)14-28-27(37)26(21-15-29-32(17-21)11-8-25(35)36)30-23(33)6-7-24(34)31-10-2-3-19(16-31)9-12-38-22;1-2(3)4/h4-5,13,15,17,19,26H,2-3,6-12,14,16H2,1H3,(H,28,37)(H,30,33)(H,35,36);1H3,(H2,3,4). The number of aliphatic carboxylic acids is 1. The van der Waals surface area contributed by atoms with E-state index in [9.17, 15) is 24.0 Å². The van der Waals surface area contributed by atoms with Crippen molar-refractivity contribution in [1.82, 2.24) is 25.3 Å². The van der Waals surface area contributed by atoms with Crippen molar-refractivity contribution in [3.05, 3.63) is 47.3 Å². The summed E-state index contributed by atoms with van der Waals surface area (Å²) < 4.78 is 7.44. The van der Waals surface area contributed by atoms with Crippen molar-refractivity contribution in [3.8, 4) is 5.75 Å². The zero-order chi connectivity index (χ0) is 30.6. The molecule has 5 N–H and O–H groups in total. The number of piperidine rings is 1. The number of amides is 4. The molecule has 0 aliphatic carbocycles. The summed E-state index contributed by atoms with van der Waals surface area (Å²) in [5, 5.41) is 18.7. The van der Waals surface area contributed by atoms with Crippen LogP contribution < -0.4 is 21.1 Å². The lowest BCUT2D eigenvalue weighted by atomic mass is 9.95. The Labute approximate surface area is 244 Å². The van der Waals surface area contributed by atoms with Crippen LogP contribution >= 0.6 is 0 Å². The highest BCUT2D eigenvalue weighted by Crippen LogP contribution is 2.23. The van der Waals surface area contributed by atoms with Gasteiger partial charge < -0.3 is 31.1 Å². The summed E-state index contributed by atoms with van der Waals surface area (Å²) in [5.41, 5.74) is 6.79. The van der Waals surface area contributed by atoms with E-state index in [1.807, 2.05) is 30.0 Å². The van der Waals surface area contributed by atoms with Crippen LogP contribution in [0.2, 0.25) is 0 Å². The number of benzene rings is 1. The van der Waals surface area contributed by atoms with Crippen molar-refractivity contribution in [3.63, 3.8) is 0 Å². The van der Waals surface area contributed by atoms with Crippen LogP contribution in [-0.2, 0) is 37.1 Å². The fourth-order valence-corrected chi connectivity index (χ4v) is 4.86. The second-order valence-corrected chi connectivity index (χ2v) is 10.6. The molecule has 4 amide bonds. The second-order valence-electron chi connectivity index (χ2n) is 10.6. The zero-order valence-corrected chi connectivity index (χ0v) is 24.1. The minimum Gasteiger partial charge on any atom is -0.494 e. The minimum absolute atomic E-state index is 0.0405. The number of aromatic nitrogens is 2. The third-order valence-electron chi connectivity index (χ3n) is 7.11. The van der Waals surface area contributed by atoms with E-state index < -0.39 is 23.8 Å². The van der Waals surface area contributed by atoms with E-state index in [2.05, 4.69) is 21.5 Å². The van der Waals surface area contributed by atoms with Crippen LogP contribution in [0.5, 0.6) is 5.75 Å². The molecule has 42 heavy (non-hydrogen) atoms. The Morgan fingerprint density at radius 3 is 2.69 bits per heavy atom. The minimum atomic E-state index is -1.05. The van der Waals surface area contributed by atoms with E-state index in [1.165, 1.54) is 17.8 Å². The van der Waals surface area contributed by atoms with E-state index in [0.29, 0.717) is 36.9 Å². The van der Waals surface area contributed by atoms with Crippen LogP contribution in [0.1, 0.15) is 68.2 Å². The van der Waals surface area contributed by atoms with Gasteiger partial charge in [-0.2, -0.15) is 5.10 Å². The Morgan fingerprint density at radius 1 is 1.19 bits per heavy atom. The quantitative estimate of drug-likeness (QED) is 0.416. The molecule has 2 atom stereocenters. The Hall–Kier alpha value is -4.42. The number of nitrogens with two attached hydrogens (primary N) is 1. The van der Waals surface area contributed by atoms with Crippen molar-refractivity contribution < 1.29 is 33.8 Å². The van der Waals surface area contributed by atoms with Gasteiger partial charge in [0.25, 0.3) is 0 Å². The average molecular weight is 585 g/mol. The van der Waals surface area contributed by atoms with Gasteiger partial charge in [-0.1, -0.05) is 6.07 Å². The number of nitrogens with zero attached hydrogens (tertiary/aromatic N) is 3. The van der Waals surface area contributed by atoms with E-state index in [-0.39, 0.29) is 44.2 Å². The third kappa shape index (κ3) is 10.2. The van der Waals surface area contributed by atoms with Crippen LogP contribution in [0, 0.1) is 12.8 Å². The number of nitrogens with one attached hydrogen (secondary N) is 2. The zero-order valence-electron chi connectivity index (χ0n) is 24.1. The molecule has 1 aromatic carbocycles. The van der Waals surface area contributed by atoms with E-state index in [0.717, 1.165) is 30.4 Å². The summed E-state index contributed by atoms with van der Waals surface area (Å²) in [6, 6.07) is 4.72. The highest BCUT2D eigenvalue weighted by molar-refractivity contribution is 5.90. The smallest absolute Gasteiger partial charge is 0.305 e. The summed E-state index contributed by atoms with van der Waals surface area (Å²) in [4.78, 5) is 60.9. The van der Waals surface area contributed by atoms with Gasteiger partial charge in [0.1, 0.15) is 11.8 Å². The average Bonchev–Trinajstić information content (AvgIpc) is 3.41. The van der Waals surface area contributed by atoms with Crippen LogP contribution in [0.25, 0.3) is 0 Å². The number of ether oxygens (including phenoxy) is 1. The number of carbonyl (C=O) groups excluding carboxylic acids is 4. The molecule has 0 radical (unpaired) electrons. The first-order valence-electron chi connectivity index (χ1n) is 14.1. The largest absolute Gasteiger partial charge is 0.494 e. The molecule has 2 unspecified atom stereocenters. The molecule has 2 aliphatic heterocycles. The Morgan fingerprint density at radius 2 is 1.95 bits per heavy atom. The molecule has 1 fully saturated rings.